The molecule has 2 aromatic carbocycles. The van der Waals surface area contributed by atoms with Crippen LogP contribution in [0.1, 0.15) is 15.9 Å². The zero-order valence-corrected chi connectivity index (χ0v) is 10.9. The number of rotatable bonds is 3. The summed E-state index contributed by atoms with van der Waals surface area (Å²) in [6.07, 6.45) is -0.585. The number of halogens is 6. The van der Waals surface area contributed by atoms with Gasteiger partial charge in [-0.05, 0) is 11.6 Å². The topological polar surface area (TPSA) is 17.1 Å². The molecule has 0 saturated heterocycles. The Labute approximate surface area is 121 Å². The van der Waals surface area contributed by atoms with Crippen LogP contribution in [-0.2, 0) is 6.42 Å². The number of ketones is 1. The van der Waals surface area contributed by atoms with E-state index in [9.17, 15) is 26.7 Å². The zero-order valence-electron chi connectivity index (χ0n) is 10.2. The Balaban J connectivity index is 2.48. The van der Waals surface area contributed by atoms with E-state index in [-0.39, 0.29) is 10.6 Å². The van der Waals surface area contributed by atoms with E-state index in [0.29, 0.717) is 0 Å². The molecule has 0 aromatic heterocycles. The first-order valence-electron chi connectivity index (χ1n) is 5.62. The molecule has 0 fully saturated rings. The summed E-state index contributed by atoms with van der Waals surface area (Å²) in [5.74, 6) is -12.2. The van der Waals surface area contributed by atoms with Crippen LogP contribution >= 0.6 is 11.6 Å². The quantitative estimate of drug-likeness (QED) is 0.353. The van der Waals surface area contributed by atoms with Crippen molar-refractivity contribution in [1.82, 2.24) is 0 Å². The van der Waals surface area contributed by atoms with Crippen LogP contribution in [-0.4, -0.2) is 5.78 Å². The van der Waals surface area contributed by atoms with Crippen molar-refractivity contribution < 1.29 is 26.7 Å². The van der Waals surface area contributed by atoms with Crippen LogP contribution in [0, 0.1) is 29.1 Å². The number of Topliss-reactive ketones (excluding diaryl/α,β-unsaturated/α-hetero) is 1. The first-order chi connectivity index (χ1) is 9.84. The minimum atomic E-state index is -2.31. The van der Waals surface area contributed by atoms with Crippen LogP contribution in [0.25, 0.3) is 0 Å². The molecule has 0 N–H and O–H groups in total. The molecule has 0 atom stereocenters. The molecule has 0 amide bonds. The predicted molar refractivity (Wildman–Crippen MR) is 65.7 cm³/mol. The number of hydrogen-bond acceptors (Lipinski definition) is 1. The molecule has 7 heteroatoms. The Hall–Kier alpha value is -1.95. The van der Waals surface area contributed by atoms with Crippen LogP contribution in [0.15, 0.2) is 24.3 Å². The molecule has 2 aromatic rings. The zero-order chi connectivity index (χ0) is 15.7. The van der Waals surface area contributed by atoms with Crippen LogP contribution in [0.3, 0.4) is 0 Å². The van der Waals surface area contributed by atoms with Gasteiger partial charge >= 0.3 is 0 Å². The van der Waals surface area contributed by atoms with E-state index in [0.717, 1.165) is 0 Å². The fraction of sp³-hybridized carbons (Fsp3) is 0.0714. The highest BCUT2D eigenvalue weighted by Crippen LogP contribution is 2.25. The highest BCUT2D eigenvalue weighted by Gasteiger charge is 2.29. The average Bonchev–Trinajstić information content (AvgIpc) is 2.46. The van der Waals surface area contributed by atoms with Gasteiger partial charge in [0.1, 0.15) is 0 Å². The van der Waals surface area contributed by atoms with Gasteiger partial charge in [0, 0.05) is 11.4 Å². The first kappa shape index (κ1) is 15.4. The summed E-state index contributed by atoms with van der Waals surface area (Å²) in [7, 11) is 0. The largest absolute Gasteiger partial charge is 0.294 e. The summed E-state index contributed by atoms with van der Waals surface area (Å²) in [6, 6.07) is 5.93. The van der Waals surface area contributed by atoms with Crippen molar-refractivity contribution in [2.45, 2.75) is 6.42 Å². The lowest BCUT2D eigenvalue weighted by atomic mass is 10.0. The lowest BCUT2D eigenvalue weighted by Gasteiger charge is -2.08. The van der Waals surface area contributed by atoms with Gasteiger partial charge in [0.05, 0.1) is 5.56 Å². The Kier molecular flexibility index (Phi) is 4.27. The summed E-state index contributed by atoms with van der Waals surface area (Å²) >= 11 is 5.78. The Morgan fingerprint density at radius 2 is 1.33 bits per heavy atom. The predicted octanol–water partition coefficient (Wildman–Crippen LogP) is 4.46. The molecule has 0 unspecified atom stereocenters. The van der Waals surface area contributed by atoms with Crippen molar-refractivity contribution in [3.05, 3.63) is 69.5 Å². The first-order valence-corrected chi connectivity index (χ1v) is 6.00. The maximum Gasteiger partial charge on any atom is 0.200 e. The lowest BCUT2D eigenvalue weighted by molar-refractivity contribution is 0.0981. The van der Waals surface area contributed by atoms with Crippen molar-refractivity contribution in [3.63, 3.8) is 0 Å². The van der Waals surface area contributed by atoms with Gasteiger partial charge in [-0.3, -0.25) is 4.79 Å². The van der Waals surface area contributed by atoms with Crippen molar-refractivity contribution in [2.24, 2.45) is 0 Å². The molecule has 0 radical (unpaired) electrons. The second-order valence-electron chi connectivity index (χ2n) is 4.14. The molecule has 0 aliphatic carbocycles. The van der Waals surface area contributed by atoms with Crippen LogP contribution in [0.2, 0.25) is 5.02 Å². The molecule has 0 spiro atoms. The highest BCUT2D eigenvalue weighted by atomic mass is 35.5. The highest BCUT2D eigenvalue weighted by molar-refractivity contribution is 6.31. The number of hydrogen-bond donors (Lipinski definition) is 0. The molecule has 21 heavy (non-hydrogen) atoms. The fourth-order valence-electron chi connectivity index (χ4n) is 1.75. The van der Waals surface area contributed by atoms with E-state index in [1.807, 2.05) is 0 Å². The van der Waals surface area contributed by atoms with Crippen LogP contribution in [0.5, 0.6) is 0 Å². The number of benzene rings is 2. The maximum absolute atomic E-state index is 13.5. The second-order valence-corrected chi connectivity index (χ2v) is 4.54. The van der Waals surface area contributed by atoms with E-state index >= 15 is 0 Å². The van der Waals surface area contributed by atoms with Gasteiger partial charge in [-0.25, -0.2) is 22.0 Å². The summed E-state index contributed by atoms with van der Waals surface area (Å²) in [6.45, 7) is 0. The number of carbonyl (C=O) groups excluding carboxylic acids is 1. The summed E-state index contributed by atoms with van der Waals surface area (Å²) in [5.41, 5.74) is -1.25. The standard InChI is InChI=1S/C14H6ClF5O/c15-7-4-2-1-3-6(7)5-8(21)9-10(16)12(18)14(20)13(19)11(9)17/h1-4H,5H2. The molecule has 1 nitrogen and oxygen atoms in total. The third-order valence-electron chi connectivity index (χ3n) is 2.80. The van der Waals surface area contributed by atoms with Gasteiger partial charge < -0.3 is 0 Å². The third kappa shape index (κ3) is 2.76. The van der Waals surface area contributed by atoms with Crippen molar-refractivity contribution in [1.29, 1.82) is 0 Å². The third-order valence-corrected chi connectivity index (χ3v) is 3.17. The van der Waals surface area contributed by atoms with Gasteiger partial charge in [-0.15, -0.1) is 0 Å². The fourth-order valence-corrected chi connectivity index (χ4v) is 1.96. The molecule has 0 aliphatic heterocycles. The summed E-state index contributed by atoms with van der Waals surface area (Å²) in [5, 5.41) is 0.148. The monoisotopic (exact) mass is 320 g/mol. The SMILES string of the molecule is O=C(Cc1ccccc1Cl)c1c(F)c(F)c(F)c(F)c1F. The summed E-state index contributed by atoms with van der Waals surface area (Å²) in [4.78, 5) is 11.8. The minimum absolute atomic E-state index is 0.148. The van der Waals surface area contributed by atoms with Gasteiger partial charge in [-0.1, -0.05) is 29.8 Å². The molecule has 0 saturated carbocycles. The van der Waals surface area contributed by atoms with Gasteiger partial charge in [0.2, 0.25) is 5.82 Å². The van der Waals surface area contributed by atoms with Crippen molar-refractivity contribution in [3.8, 4) is 0 Å². The average molecular weight is 321 g/mol. The van der Waals surface area contributed by atoms with E-state index < -0.39 is 46.9 Å². The van der Waals surface area contributed by atoms with Crippen molar-refractivity contribution in [2.75, 3.05) is 0 Å². The van der Waals surface area contributed by atoms with Gasteiger partial charge in [0.25, 0.3) is 0 Å². The van der Waals surface area contributed by atoms with E-state index in [1.165, 1.54) is 18.2 Å². The summed E-state index contributed by atoms with van der Waals surface area (Å²) < 4.78 is 65.9. The normalized spacial score (nSPS) is 10.8. The molecule has 2 rings (SSSR count). The second kappa shape index (κ2) is 5.81. The van der Waals surface area contributed by atoms with Crippen molar-refractivity contribution >= 4 is 17.4 Å². The van der Waals surface area contributed by atoms with Crippen LogP contribution in [0.4, 0.5) is 22.0 Å². The number of carbonyl (C=O) groups is 1. The van der Waals surface area contributed by atoms with E-state index in [1.54, 1.807) is 6.07 Å². The van der Waals surface area contributed by atoms with Crippen LogP contribution < -0.4 is 0 Å². The maximum atomic E-state index is 13.5. The molecule has 0 heterocycles. The Morgan fingerprint density at radius 3 is 1.86 bits per heavy atom. The van der Waals surface area contributed by atoms with E-state index in [4.69, 9.17) is 11.6 Å². The molecule has 0 aliphatic rings. The van der Waals surface area contributed by atoms with E-state index in [2.05, 4.69) is 0 Å². The smallest absolute Gasteiger partial charge is 0.200 e. The van der Waals surface area contributed by atoms with Gasteiger partial charge in [-0.2, -0.15) is 0 Å². The Morgan fingerprint density at radius 1 is 0.857 bits per heavy atom. The molecular formula is C14H6ClF5O. The van der Waals surface area contributed by atoms with Gasteiger partial charge in [0.15, 0.2) is 29.1 Å². The lowest BCUT2D eigenvalue weighted by Crippen LogP contribution is -2.14. The molecule has 0 bridgehead atoms. The minimum Gasteiger partial charge on any atom is -0.294 e. The molecule has 110 valence electrons. The molecular weight excluding hydrogens is 315 g/mol. The Bertz CT molecular complexity index is 701.